The highest BCUT2D eigenvalue weighted by Gasteiger charge is 2.12. The Labute approximate surface area is 132 Å². The SMILES string of the molecule is Cc1nc(C(=O)Nc2ccccc2Oc2ccccc2)cs1. The third-order valence-corrected chi connectivity index (χ3v) is 3.73. The van der Waals surface area contributed by atoms with Gasteiger partial charge in [0.15, 0.2) is 5.75 Å². The summed E-state index contributed by atoms with van der Waals surface area (Å²) in [7, 11) is 0. The first-order chi connectivity index (χ1) is 10.7. The molecule has 1 amide bonds. The predicted molar refractivity (Wildman–Crippen MR) is 87.8 cm³/mol. The van der Waals surface area contributed by atoms with Gasteiger partial charge in [-0.3, -0.25) is 4.79 Å². The molecule has 0 saturated carbocycles. The molecule has 3 aromatic rings. The van der Waals surface area contributed by atoms with E-state index in [4.69, 9.17) is 4.74 Å². The highest BCUT2D eigenvalue weighted by atomic mass is 32.1. The molecule has 4 nitrogen and oxygen atoms in total. The first-order valence-electron chi connectivity index (χ1n) is 6.78. The van der Waals surface area contributed by atoms with Crippen LogP contribution in [0.3, 0.4) is 0 Å². The number of amides is 1. The highest BCUT2D eigenvalue weighted by molar-refractivity contribution is 7.09. The molecule has 0 aliphatic rings. The first kappa shape index (κ1) is 14.3. The smallest absolute Gasteiger partial charge is 0.275 e. The molecular formula is C17H14N2O2S. The van der Waals surface area contributed by atoms with Crippen molar-refractivity contribution in [2.24, 2.45) is 0 Å². The molecule has 0 aliphatic heterocycles. The molecule has 0 bridgehead atoms. The average Bonchev–Trinajstić information content (AvgIpc) is 2.97. The molecule has 1 heterocycles. The van der Waals surface area contributed by atoms with Gasteiger partial charge in [0.05, 0.1) is 10.7 Å². The van der Waals surface area contributed by atoms with E-state index in [0.29, 0.717) is 22.9 Å². The molecule has 1 N–H and O–H groups in total. The van der Waals surface area contributed by atoms with Crippen molar-refractivity contribution >= 4 is 22.9 Å². The summed E-state index contributed by atoms with van der Waals surface area (Å²) in [6.45, 7) is 1.87. The zero-order valence-electron chi connectivity index (χ0n) is 11.9. The maximum absolute atomic E-state index is 12.2. The van der Waals surface area contributed by atoms with Gasteiger partial charge in [0, 0.05) is 5.38 Å². The molecular weight excluding hydrogens is 296 g/mol. The number of hydrogen-bond donors (Lipinski definition) is 1. The Morgan fingerprint density at radius 2 is 1.82 bits per heavy atom. The summed E-state index contributed by atoms with van der Waals surface area (Å²) in [4.78, 5) is 16.4. The van der Waals surface area contributed by atoms with Crippen LogP contribution in [0, 0.1) is 6.92 Å². The minimum absolute atomic E-state index is 0.242. The zero-order chi connectivity index (χ0) is 15.4. The van der Waals surface area contributed by atoms with Crippen molar-refractivity contribution in [3.8, 4) is 11.5 Å². The molecule has 0 saturated heterocycles. The number of rotatable bonds is 4. The van der Waals surface area contributed by atoms with E-state index in [-0.39, 0.29) is 5.91 Å². The van der Waals surface area contributed by atoms with Gasteiger partial charge in [0.1, 0.15) is 11.4 Å². The van der Waals surface area contributed by atoms with Gasteiger partial charge in [-0.15, -0.1) is 11.3 Å². The number of nitrogens with zero attached hydrogens (tertiary/aromatic N) is 1. The summed E-state index contributed by atoms with van der Waals surface area (Å²) < 4.78 is 5.82. The standard InChI is InChI=1S/C17H14N2O2S/c1-12-18-15(11-22-12)17(20)19-14-9-5-6-10-16(14)21-13-7-3-2-4-8-13/h2-11H,1H3,(H,19,20). The van der Waals surface area contributed by atoms with Gasteiger partial charge in [0.2, 0.25) is 0 Å². The van der Waals surface area contributed by atoms with Gasteiger partial charge in [0.25, 0.3) is 5.91 Å². The minimum atomic E-state index is -0.242. The fraction of sp³-hybridized carbons (Fsp3) is 0.0588. The number of carbonyl (C=O) groups is 1. The fourth-order valence-corrected chi connectivity index (χ4v) is 2.52. The maximum Gasteiger partial charge on any atom is 0.275 e. The lowest BCUT2D eigenvalue weighted by Crippen LogP contribution is -2.12. The fourth-order valence-electron chi connectivity index (χ4n) is 1.93. The topological polar surface area (TPSA) is 51.2 Å². The number of ether oxygens (including phenoxy) is 1. The number of benzene rings is 2. The average molecular weight is 310 g/mol. The summed E-state index contributed by atoms with van der Waals surface area (Å²) >= 11 is 1.45. The van der Waals surface area contributed by atoms with Crippen LogP contribution in [0.25, 0.3) is 0 Å². The van der Waals surface area contributed by atoms with E-state index in [2.05, 4.69) is 10.3 Å². The van der Waals surface area contributed by atoms with Crippen LogP contribution in [-0.4, -0.2) is 10.9 Å². The Kier molecular flexibility index (Phi) is 4.16. The third kappa shape index (κ3) is 3.32. The van der Waals surface area contributed by atoms with Gasteiger partial charge in [-0.25, -0.2) is 4.98 Å². The summed E-state index contributed by atoms with van der Waals surface area (Å²) in [6, 6.07) is 16.8. The number of carbonyl (C=O) groups excluding carboxylic acids is 1. The number of aryl methyl sites for hydroxylation is 1. The predicted octanol–water partition coefficient (Wildman–Crippen LogP) is 4.50. The number of nitrogens with one attached hydrogen (secondary N) is 1. The lowest BCUT2D eigenvalue weighted by molar-refractivity contribution is 0.102. The minimum Gasteiger partial charge on any atom is -0.455 e. The second-order valence-corrected chi connectivity index (χ2v) is 5.68. The van der Waals surface area contributed by atoms with Crippen molar-refractivity contribution in [3.05, 3.63) is 70.7 Å². The molecule has 0 aliphatic carbocycles. The van der Waals surface area contributed by atoms with Crippen molar-refractivity contribution in [1.29, 1.82) is 0 Å². The van der Waals surface area contributed by atoms with E-state index < -0.39 is 0 Å². The van der Waals surface area contributed by atoms with Crippen molar-refractivity contribution in [2.75, 3.05) is 5.32 Å². The number of aromatic nitrogens is 1. The van der Waals surface area contributed by atoms with E-state index in [1.54, 1.807) is 11.4 Å². The summed E-state index contributed by atoms with van der Waals surface area (Å²) in [5, 5.41) is 5.44. The molecule has 1 aromatic heterocycles. The van der Waals surface area contributed by atoms with Crippen molar-refractivity contribution < 1.29 is 9.53 Å². The Morgan fingerprint density at radius 3 is 2.55 bits per heavy atom. The number of thiazole rings is 1. The largest absolute Gasteiger partial charge is 0.455 e. The maximum atomic E-state index is 12.2. The van der Waals surface area contributed by atoms with Gasteiger partial charge < -0.3 is 10.1 Å². The van der Waals surface area contributed by atoms with Crippen LogP contribution in [0.5, 0.6) is 11.5 Å². The number of hydrogen-bond acceptors (Lipinski definition) is 4. The molecule has 2 aromatic carbocycles. The van der Waals surface area contributed by atoms with E-state index in [1.807, 2.05) is 55.5 Å². The second-order valence-electron chi connectivity index (χ2n) is 4.62. The number of para-hydroxylation sites is 3. The molecule has 0 fully saturated rings. The van der Waals surface area contributed by atoms with E-state index in [0.717, 1.165) is 5.01 Å². The van der Waals surface area contributed by atoms with Crippen LogP contribution in [0.1, 0.15) is 15.5 Å². The molecule has 0 unspecified atom stereocenters. The number of anilines is 1. The van der Waals surface area contributed by atoms with E-state index in [9.17, 15) is 4.79 Å². The lowest BCUT2D eigenvalue weighted by Gasteiger charge is -2.11. The highest BCUT2D eigenvalue weighted by Crippen LogP contribution is 2.29. The van der Waals surface area contributed by atoms with Crippen LogP contribution in [-0.2, 0) is 0 Å². The molecule has 3 rings (SSSR count). The van der Waals surface area contributed by atoms with Gasteiger partial charge in [-0.05, 0) is 31.2 Å². The summed E-state index contributed by atoms with van der Waals surface area (Å²) in [5.41, 5.74) is 1.03. The van der Waals surface area contributed by atoms with Gasteiger partial charge in [-0.1, -0.05) is 30.3 Å². The van der Waals surface area contributed by atoms with Crippen LogP contribution in [0.2, 0.25) is 0 Å². The lowest BCUT2D eigenvalue weighted by atomic mass is 10.2. The molecule has 5 heteroatoms. The monoisotopic (exact) mass is 310 g/mol. The summed E-state index contributed by atoms with van der Waals surface area (Å²) in [6.07, 6.45) is 0. The van der Waals surface area contributed by atoms with Crippen LogP contribution in [0.4, 0.5) is 5.69 Å². The van der Waals surface area contributed by atoms with Crippen molar-refractivity contribution in [3.63, 3.8) is 0 Å². The Bertz CT molecular complexity index is 784. The Morgan fingerprint density at radius 1 is 1.09 bits per heavy atom. The second kappa shape index (κ2) is 6.41. The molecule has 0 atom stereocenters. The van der Waals surface area contributed by atoms with Crippen LogP contribution in [0.15, 0.2) is 60.0 Å². The molecule has 110 valence electrons. The van der Waals surface area contributed by atoms with Crippen molar-refractivity contribution in [1.82, 2.24) is 4.98 Å². The van der Waals surface area contributed by atoms with Crippen molar-refractivity contribution in [2.45, 2.75) is 6.92 Å². The summed E-state index contributed by atoms with van der Waals surface area (Å²) in [5.74, 6) is 1.07. The molecule has 0 radical (unpaired) electrons. The van der Waals surface area contributed by atoms with Crippen LogP contribution < -0.4 is 10.1 Å². The molecule has 22 heavy (non-hydrogen) atoms. The van der Waals surface area contributed by atoms with Gasteiger partial charge in [-0.2, -0.15) is 0 Å². The van der Waals surface area contributed by atoms with Gasteiger partial charge >= 0.3 is 0 Å². The zero-order valence-corrected chi connectivity index (χ0v) is 12.8. The van der Waals surface area contributed by atoms with E-state index >= 15 is 0 Å². The first-order valence-corrected chi connectivity index (χ1v) is 7.66. The Hall–Kier alpha value is -2.66. The molecule has 0 spiro atoms. The van der Waals surface area contributed by atoms with E-state index in [1.165, 1.54) is 11.3 Å². The Balaban J connectivity index is 1.81. The normalized spacial score (nSPS) is 10.2. The quantitative estimate of drug-likeness (QED) is 0.772. The van der Waals surface area contributed by atoms with Crippen LogP contribution >= 0.6 is 11.3 Å². The third-order valence-electron chi connectivity index (χ3n) is 2.96.